The van der Waals surface area contributed by atoms with E-state index in [0.29, 0.717) is 0 Å². The summed E-state index contributed by atoms with van der Waals surface area (Å²) < 4.78 is 56.4. The SMILES string of the molecule is CCCCc1cc(C=C2C(=O)c3cc(F)c(F)cc3C2=O)sc1-c1cc2c(s1)-c1sc(-c3sc(C=C4C(=O)c5cc(F)c(F)cc5C4=O)cc3CCCC)cc1C21CCCCC1. The quantitative estimate of drug-likeness (QED) is 0.0780. The number of halogens is 4. The zero-order valence-electron chi connectivity index (χ0n) is 33.8. The molecule has 62 heavy (non-hydrogen) atoms. The lowest BCUT2D eigenvalue weighted by Gasteiger charge is -2.34. The highest BCUT2D eigenvalue weighted by atomic mass is 32.1. The molecule has 0 radical (unpaired) electrons. The molecular weight excluding hydrogens is 869 g/mol. The van der Waals surface area contributed by atoms with Crippen molar-refractivity contribution in [3.63, 3.8) is 0 Å². The van der Waals surface area contributed by atoms with Crippen LogP contribution < -0.4 is 0 Å². The number of hydrogen-bond acceptors (Lipinski definition) is 8. The van der Waals surface area contributed by atoms with Gasteiger partial charge < -0.3 is 0 Å². The lowest BCUT2D eigenvalue weighted by atomic mass is 9.68. The number of rotatable bonds is 10. The number of aryl methyl sites for hydroxylation is 2. The number of ketones is 4. The normalized spacial score (nSPS) is 16.2. The van der Waals surface area contributed by atoms with Gasteiger partial charge in [-0.25, -0.2) is 17.6 Å². The summed E-state index contributed by atoms with van der Waals surface area (Å²) in [4.78, 5) is 61.7. The molecule has 4 aliphatic rings. The molecule has 2 aromatic carbocycles. The first-order chi connectivity index (χ1) is 29.9. The summed E-state index contributed by atoms with van der Waals surface area (Å²) in [5.41, 5.74) is 4.21. The Bertz CT molecular complexity index is 2720. The molecule has 0 saturated heterocycles. The second kappa shape index (κ2) is 15.7. The molecule has 0 amide bonds. The number of fused-ring (bicyclic) bond motifs is 7. The lowest BCUT2D eigenvalue weighted by Crippen LogP contribution is -2.27. The van der Waals surface area contributed by atoms with Crippen molar-refractivity contribution in [1.29, 1.82) is 0 Å². The fourth-order valence-corrected chi connectivity index (χ4v) is 14.9. The van der Waals surface area contributed by atoms with E-state index in [4.69, 9.17) is 0 Å². The van der Waals surface area contributed by atoms with Crippen LogP contribution in [0.5, 0.6) is 0 Å². The molecule has 0 N–H and O–H groups in total. The molecule has 0 aliphatic heterocycles. The number of carbonyl (C=O) groups excluding carboxylic acids is 4. The molecule has 0 atom stereocenters. The molecule has 0 bridgehead atoms. The van der Waals surface area contributed by atoms with Gasteiger partial charge in [0, 0.05) is 66.7 Å². The topological polar surface area (TPSA) is 68.3 Å². The third kappa shape index (κ3) is 6.54. The Kier molecular flexibility index (Phi) is 10.4. The standard InChI is InChI=1S/C50H38F4O4S4/c1-3-5-10-24-14-26(16-32-42(55)28-18-36(51)37(52)19-29(28)43(32)56)59-46(24)40-22-34-48(61-40)49-35(50(34)12-8-7-9-13-50)23-41(62-49)47-25(11-6-4-2)15-27(60-47)17-33-44(57)30-20-38(53)39(54)21-31(30)45(33)58/h14-23H,3-13H2,1-2H3. The average molecular weight is 907 g/mol. The Morgan fingerprint density at radius 2 is 0.871 bits per heavy atom. The van der Waals surface area contributed by atoms with Crippen LogP contribution in [-0.2, 0) is 18.3 Å². The van der Waals surface area contributed by atoms with Crippen LogP contribution in [-0.4, -0.2) is 23.1 Å². The first-order valence-electron chi connectivity index (χ1n) is 21.1. The van der Waals surface area contributed by atoms with Crippen LogP contribution in [0.25, 0.3) is 41.4 Å². The van der Waals surface area contributed by atoms with Crippen LogP contribution in [0.2, 0.25) is 0 Å². The number of allylic oxidation sites excluding steroid dienone is 2. The first-order valence-corrected chi connectivity index (χ1v) is 24.3. The predicted octanol–water partition coefficient (Wildman–Crippen LogP) is 14.7. The smallest absolute Gasteiger partial charge is 0.197 e. The first kappa shape index (κ1) is 41.1. The van der Waals surface area contributed by atoms with Crippen molar-refractivity contribution in [3.05, 3.63) is 137 Å². The van der Waals surface area contributed by atoms with Gasteiger partial charge >= 0.3 is 0 Å². The van der Waals surface area contributed by atoms with Gasteiger partial charge in [0.25, 0.3) is 0 Å². The molecule has 6 aromatic rings. The minimum Gasteiger partial charge on any atom is -0.288 e. The van der Waals surface area contributed by atoms with Crippen molar-refractivity contribution in [1.82, 2.24) is 0 Å². The van der Waals surface area contributed by atoms with Crippen molar-refractivity contribution >= 4 is 80.6 Å². The van der Waals surface area contributed by atoms with E-state index < -0.39 is 46.4 Å². The van der Waals surface area contributed by atoms with E-state index in [-0.39, 0.29) is 38.8 Å². The molecule has 1 spiro atoms. The van der Waals surface area contributed by atoms with E-state index in [1.165, 1.54) is 50.0 Å². The van der Waals surface area contributed by atoms with Crippen molar-refractivity contribution in [2.75, 3.05) is 0 Å². The summed E-state index contributed by atoms with van der Waals surface area (Å²) in [6.45, 7) is 4.28. The van der Waals surface area contributed by atoms with Gasteiger partial charge in [0.05, 0.1) is 11.1 Å². The van der Waals surface area contributed by atoms with E-state index in [1.54, 1.807) is 34.8 Å². The average Bonchev–Trinajstić information content (AvgIpc) is 4.13. The molecule has 4 aliphatic carbocycles. The van der Waals surface area contributed by atoms with Crippen molar-refractivity contribution in [3.8, 4) is 29.3 Å². The third-order valence-corrected chi connectivity index (χ3v) is 17.8. The molecule has 0 unspecified atom stereocenters. The largest absolute Gasteiger partial charge is 0.288 e. The van der Waals surface area contributed by atoms with Crippen LogP contribution in [0.4, 0.5) is 17.6 Å². The number of unbranched alkanes of at least 4 members (excludes halogenated alkanes) is 2. The Balaban J connectivity index is 1.04. The number of Topliss-reactive ketones (excluding diaryl/α,β-unsaturated/α-hetero) is 4. The van der Waals surface area contributed by atoms with Gasteiger partial charge in [-0.05, 0) is 121 Å². The van der Waals surface area contributed by atoms with Gasteiger partial charge in [0.2, 0.25) is 0 Å². The maximum absolute atomic E-state index is 14.1. The van der Waals surface area contributed by atoms with E-state index >= 15 is 0 Å². The van der Waals surface area contributed by atoms with Crippen LogP contribution in [0, 0.1) is 23.3 Å². The third-order valence-electron chi connectivity index (χ3n) is 12.8. The molecule has 4 heterocycles. The summed E-state index contributed by atoms with van der Waals surface area (Å²) in [6.07, 6.45) is 14.2. The fourth-order valence-electron chi connectivity index (χ4n) is 9.64. The number of benzene rings is 2. The monoisotopic (exact) mass is 906 g/mol. The van der Waals surface area contributed by atoms with Crippen LogP contribution >= 0.6 is 45.3 Å². The number of carbonyl (C=O) groups is 4. The molecule has 4 aromatic heterocycles. The van der Waals surface area contributed by atoms with Gasteiger partial charge in [-0.3, -0.25) is 19.2 Å². The highest BCUT2D eigenvalue weighted by Crippen LogP contribution is 2.63. The van der Waals surface area contributed by atoms with E-state index in [1.807, 2.05) is 12.1 Å². The Morgan fingerprint density at radius 3 is 1.23 bits per heavy atom. The molecular formula is C50H38F4O4S4. The highest BCUT2D eigenvalue weighted by molar-refractivity contribution is 7.29. The summed E-state index contributed by atoms with van der Waals surface area (Å²) >= 11 is 6.63. The van der Waals surface area contributed by atoms with Gasteiger partial charge in [-0.2, -0.15) is 0 Å². The molecule has 12 heteroatoms. The summed E-state index contributed by atoms with van der Waals surface area (Å²) in [7, 11) is 0. The summed E-state index contributed by atoms with van der Waals surface area (Å²) in [5.74, 6) is -7.05. The van der Waals surface area contributed by atoms with E-state index in [2.05, 4.69) is 26.0 Å². The molecule has 1 fully saturated rings. The number of hydrogen-bond donors (Lipinski definition) is 0. The van der Waals surface area contributed by atoms with Crippen LogP contribution in [0.1, 0.15) is 145 Å². The molecule has 314 valence electrons. The highest BCUT2D eigenvalue weighted by Gasteiger charge is 2.47. The fraction of sp³-hybridized carbons (Fsp3) is 0.280. The maximum atomic E-state index is 14.1. The van der Waals surface area contributed by atoms with Crippen molar-refractivity contribution < 1.29 is 36.7 Å². The lowest BCUT2D eigenvalue weighted by molar-refractivity contribution is 0.0975. The zero-order valence-corrected chi connectivity index (χ0v) is 37.1. The minimum atomic E-state index is -1.16. The van der Waals surface area contributed by atoms with E-state index in [0.717, 1.165) is 129 Å². The maximum Gasteiger partial charge on any atom is 0.197 e. The molecule has 4 nitrogen and oxygen atoms in total. The van der Waals surface area contributed by atoms with Crippen LogP contribution in [0.15, 0.2) is 59.7 Å². The Labute approximate surface area is 371 Å². The van der Waals surface area contributed by atoms with Crippen LogP contribution in [0.3, 0.4) is 0 Å². The van der Waals surface area contributed by atoms with Crippen molar-refractivity contribution in [2.45, 2.75) is 89.9 Å². The van der Waals surface area contributed by atoms with Gasteiger partial charge in [-0.1, -0.05) is 46.0 Å². The summed E-state index contributed by atoms with van der Waals surface area (Å²) in [5, 5.41) is 0. The number of thiophene rings is 4. The zero-order chi connectivity index (χ0) is 43.2. The Hall–Kier alpha value is -4.88. The summed E-state index contributed by atoms with van der Waals surface area (Å²) in [6, 6.07) is 12.1. The Morgan fingerprint density at radius 1 is 0.500 bits per heavy atom. The predicted molar refractivity (Wildman–Crippen MR) is 241 cm³/mol. The van der Waals surface area contributed by atoms with Gasteiger partial charge in [0.15, 0.2) is 46.4 Å². The van der Waals surface area contributed by atoms with E-state index in [9.17, 15) is 36.7 Å². The second-order valence-corrected chi connectivity index (χ2v) is 20.9. The molecule has 1 saturated carbocycles. The van der Waals surface area contributed by atoms with Gasteiger partial charge in [-0.15, -0.1) is 45.3 Å². The second-order valence-electron chi connectivity index (χ2n) is 16.6. The van der Waals surface area contributed by atoms with Gasteiger partial charge in [0.1, 0.15) is 0 Å². The molecule has 10 rings (SSSR count). The van der Waals surface area contributed by atoms with Crippen molar-refractivity contribution in [2.24, 2.45) is 0 Å². The minimum absolute atomic E-state index is 0.0889.